The van der Waals surface area contributed by atoms with Gasteiger partial charge in [0.25, 0.3) is 0 Å². The van der Waals surface area contributed by atoms with E-state index in [0.717, 1.165) is 27.5 Å². The van der Waals surface area contributed by atoms with Gasteiger partial charge in [0.2, 0.25) is 0 Å². The van der Waals surface area contributed by atoms with Gasteiger partial charge in [-0.3, -0.25) is 0 Å². The van der Waals surface area contributed by atoms with E-state index in [-0.39, 0.29) is 6.04 Å². The summed E-state index contributed by atoms with van der Waals surface area (Å²) in [6, 6.07) is 14.1. The number of hydrogen-bond donors (Lipinski definition) is 1. The van der Waals surface area contributed by atoms with E-state index in [1.165, 1.54) is 5.56 Å². The van der Waals surface area contributed by atoms with Gasteiger partial charge >= 0.3 is 0 Å². The van der Waals surface area contributed by atoms with Gasteiger partial charge in [0.05, 0.1) is 11.7 Å². The largest absolute Gasteiger partial charge is 0.362 e. The molecule has 2 heterocycles. The first-order chi connectivity index (χ1) is 11.0. The number of rotatable bonds is 4. The molecule has 0 amide bonds. The number of aryl methyl sites for hydroxylation is 2. The van der Waals surface area contributed by atoms with Crippen LogP contribution in [-0.2, 0) is 0 Å². The van der Waals surface area contributed by atoms with Crippen LogP contribution in [0.25, 0.3) is 5.82 Å². The van der Waals surface area contributed by atoms with Gasteiger partial charge in [-0.05, 0) is 50.6 Å². The minimum absolute atomic E-state index is 0.124. The van der Waals surface area contributed by atoms with Crippen molar-refractivity contribution in [2.24, 2.45) is 0 Å². The molecule has 0 bridgehead atoms. The topological polar surface area (TPSA) is 55.6 Å². The SMILES string of the molecule is Cc1cc(C)n(-c2ccc(NC(C)c3ccccc3Br)nn2)n1. The van der Waals surface area contributed by atoms with Crippen LogP contribution in [0.5, 0.6) is 0 Å². The van der Waals surface area contributed by atoms with Crippen LogP contribution in [0.3, 0.4) is 0 Å². The van der Waals surface area contributed by atoms with Crippen LogP contribution in [0, 0.1) is 13.8 Å². The number of anilines is 1. The fourth-order valence-corrected chi connectivity index (χ4v) is 3.13. The molecule has 1 N–H and O–H groups in total. The Morgan fingerprint density at radius 3 is 2.48 bits per heavy atom. The molecule has 6 heteroatoms. The zero-order valence-corrected chi connectivity index (χ0v) is 14.9. The van der Waals surface area contributed by atoms with Crippen molar-refractivity contribution in [3.05, 3.63) is 63.9 Å². The van der Waals surface area contributed by atoms with E-state index in [2.05, 4.69) is 49.5 Å². The molecule has 3 aromatic rings. The average Bonchev–Trinajstić information content (AvgIpc) is 2.87. The molecule has 23 heavy (non-hydrogen) atoms. The van der Waals surface area contributed by atoms with Crippen LogP contribution in [0.1, 0.15) is 29.9 Å². The number of halogens is 1. The molecule has 1 unspecified atom stereocenters. The molecule has 0 fully saturated rings. The van der Waals surface area contributed by atoms with Crippen molar-refractivity contribution in [2.75, 3.05) is 5.32 Å². The third kappa shape index (κ3) is 3.42. The summed E-state index contributed by atoms with van der Waals surface area (Å²) in [6.45, 7) is 6.06. The highest BCUT2D eigenvalue weighted by Crippen LogP contribution is 2.25. The Balaban J connectivity index is 1.78. The zero-order chi connectivity index (χ0) is 16.4. The van der Waals surface area contributed by atoms with Crippen molar-refractivity contribution < 1.29 is 0 Å². The van der Waals surface area contributed by atoms with Gasteiger partial charge in [0.15, 0.2) is 5.82 Å². The lowest BCUT2D eigenvalue weighted by atomic mass is 10.1. The molecule has 5 nitrogen and oxygen atoms in total. The van der Waals surface area contributed by atoms with Crippen molar-refractivity contribution in [2.45, 2.75) is 26.8 Å². The summed E-state index contributed by atoms with van der Waals surface area (Å²) in [5, 5.41) is 16.3. The summed E-state index contributed by atoms with van der Waals surface area (Å²) >= 11 is 3.58. The first-order valence-corrected chi connectivity index (χ1v) is 8.22. The van der Waals surface area contributed by atoms with E-state index in [4.69, 9.17) is 0 Å². The van der Waals surface area contributed by atoms with Crippen molar-refractivity contribution in [3.63, 3.8) is 0 Å². The second-order valence-electron chi connectivity index (χ2n) is 5.50. The quantitative estimate of drug-likeness (QED) is 0.745. The first kappa shape index (κ1) is 15.7. The standard InChI is InChI=1S/C17H18BrN5/c1-11-10-12(2)23(22-11)17-9-8-16(20-21-17)19-13(3)14-6-4-5-7-15(14)18/h4-10,13H,1-3H3,(H,19,20). The Bertz CT molecular complexity index is 810. The molecule has 0 saturated heterocycles. The van der Waals surface area contributed by atoms with E-state index in [1.54, 1.807) is 4.68 Å². The molecule has 0 aliphatic heterocycles. The summed E-state index contributed by atoms with van der Waals surface area (Å²) in [6.07, 6.45) is 0. The number of hydrogen-bond acceptors (Lipinski definition) is 4. The fourth-order valence-electron chi connectivity index (χ4n) is 2.50. The second-order valence-corrected chi connectivity index (χ2v) is 6.36. The maximum atomic E-state index is 4.42. The Morgan fingerprint density at radius 1 is 1.09 bits per heavy atom. The highest BCUT2D eigenvalue weighted by molar-refractivity contribution is 9.10. The predicted molar refractivity (Wildman–Crippen MR) is 94.8 cm³/mol. The molecule has 3 rings (SSSR count). The molecule has 118 valence electrons. The highest BCUT2D eigenvalue weighted by atomic mass is 79.9. The van der Waals surface area contributed by atoms with Gasteiger partial charge in [-0.15, -0.1) is 10.2 Å². The fraction of sp³-hybridized carbons (Fsp3) is 0.235. The maximum absolute atomic E-state index is 4.42. The van der Waals surface area contributed by atoms with Gasteiger partial charge in [-0.25, -0.2) is 4.68 Å². The Morgan fingerprint density at radius 2 is 1.87 bits per heavy atom. The average molecular weight is 372 g/mol. The van der Waals surface area contributed by atoms with Crippen molar-refractivity contribution >= 4 is 21.7 Å². The van der Waals surface area contributed by atoms with E-state index < -0.39 is 0 Å². The predicted octanol–water partition coefficient (Wildman–Crippen LogP) is 4.21. The van der Waals surface area contributed by atoms with Crippen LogP contribution in [-0.4, -0.2) is 20.0 Å². The molecule has 1 atom stereocenters. The van der Waals surface area contributed by atoms with Crippen LogP contribution in [0.15, 0.2) is 46.9 Å². The molecule has 1 aromatic carbocycles. The molecule has 0 saturated carbocycles. The second kappa shape index (κ2) is 6.50. The van der Waals surface area contributed by atoms with Crippen molar-refractivity contribution in [3.8, 4) is 5.82 Å². The normalized spacial score (nSPS) is 12.2. The highest BCUT2D eigenvalue weighted by Gasteiger charge is 2.10. The van der Waals surface area contributed by atoms with Gasteiger partial charge in [0.1, 0.15) is 5.82 Å². The number of nitrogens with one attached hydrogen (secondary N) is 1. The third-order valence-electron chi connectivity index (χ3n) is 3.61. The molecule has 0 spiro atoms. The van der Waals surface area contributed by atoms with Crippen molar-refractivity contribution in [1.29, 1.82) is 0 Å². The van der Waals surface area contributed by atoms with E-state index in [0.29, 0.717) is 0 Å². The molecule has 2 aromatic heterocycles. The molecule has 0 aliphatic rings. The van der Waals surface area contributed by atoms with E-state index in [1.807, 2.05) is 50.2 Å². The summed E-state index contributed by atoms with van der Waals surface area (Å²) in [4.78, 5) is 0. The molecule has 0 aliphatic carbocycles. The Kier molecular flexibility index (Phi) is 4.43. The van der Waals surface area contributed by atoms with Crippen LogP contribution in [0.4, 0.5) is 5.82 Å². The third-order valence-corrected chi connectivity index (χ3v) is 4.34. The summed E-state index contributed by atoms with van der Waals surface area (Å²) in [5.41, 5.74) is 3.19. The lowest BCUT2D eigenvalue weighted by Gasteiger charge is -2.16. The summed E-state index contributed by atoms with van der Waals surface area (Å²) < 4.78 is 2.87. The van der Waals surface area contributed by atoms with Gasteiger partial charge in [0, 0.05) is 10.2 Å². The van der Waals surface area contributed by atoms with Gasteiger partial charge in [-0.1, -0.05) is 34.1 Å². The lowest BCUT2D eigenvalue weighted by Crippen LogP contribution is -2.10. The smallest absolute Gasteiger partial charge is 0.176 e. The Hall–Kier alpha value is -2.21. The number of nitrogens with zero attached hydrogens (tertiary/aromatic N) is 4. The Labute approximate surface area is 143 Å². The first-order valence-electron chi connectivity index (χ1n) is 7.43. The summed E-state index contributed by atoms with van der Waals surface area (Å²) in [7, 11) is 0. The van der Waals surface area contributed by atoms with Gasteiger partial charge < -0.3 is 5.32 Å². The molecular formula is C17H18BrN5. The minimum Gasteiger partial charge on any atom is -0.362 e. The lowest BCUT2D eigenvalue weighted by molar-refractivity contribution is 0.776. The van der Waals surface area contributed by atoms with Gasteiger partial charge in [-0.2, -0.15) is 5.10 Å². The van der Waals surface area contributed by atoms with Crippen LogP contribution < -0.4 is 5.32 Å². The van der Waals surface area contributed by atoms with Crippen LogP contribution in [0.2, 0.25) is 0 Å². The number of aromatic nitrogens is 4. The minimum atomic E-state index is 0.124. The van der Waals surface area contributed by atoms with Crippen molar-refractivity contribution in [1.82, 2.24) is 20.0 Å². The zero-order valence-electron chi connectivity index (χ0n) is 13.3. The monoisotopic (exact) mass is 371 g/mol. The van der Waals surface area contributed by atoms with E-state index in [9.17, 15) is 0 Å². The molecular weight excluding hydrogens is 354 g/mol. The maximum Gasteiger partial charge on any atom is 0.176 e. The summed E-state index contributed by atoms with van der Waals surface area (Å²) in [5.74, 6) is 1.45. The number of benzene rings is 1. The molecule has 0 radical (unpaired) electrons. The van der Waals surface area contributed by atoms with E-state index >= 15 is 0 Å². The van der Waals surface area contributed by atoms with Crippen LogP contribution >= 0.6 is 15.9 Å².